The second-order valence-electron chi connectivity index (χ2n) is 4.67. The van der Waals surface area contributed by atoms with Gasteiger partial charge in [-0.05, 0) is 32.9 Å². The molecule has 0 aromatic heterocycles. The number of amides is 1. The van der Waals surface area contributed by atoms with Crippen LogP contribution in [0.5, 0.6) is 0 Å². The molecule has 1 amide bonds. The minimum atomic E-state index is -0.497. The Morgan fingerprint density at radius 2 is 1.71 bits per heavy atom. The molecular formula is C16H24FNO3. The Bertz CT molecular complexity index is 441. The average Bonchev–Trinajstić information content (AvgIpc) is 2.48. The highest BCUT2D eigenvalue weighted by atomic mass is 19.1. The minimum Gasteiger partial charge on any atom is -0.380 e. The quantitative estimate of drug-likeness (QED) is 0.658. The molecule has 0 heterocycles. The van der Waals surface area contributed by atoms with Gasteiger partial charge in [0, 0.05) is 26.3 Å². The number of aryl methyl sites for hydroxylation is 1. The monoisotopic (exact) mass is 297 g/mol. The fourth-order valence-electron chi connectivity index (χ4n) is 1.93. The van der Waals surface area contributed by atoms with Crippen LogP contribution in [-0.4, -0.2) is 50.3 Å². The van der Waals surface area contributed by atoms with Crippen molar-refractivity contribution in [3.05, 3.63) is 35.1 Å². The van der Waals surface area contributed by atoms with Gasteiger partial charge in [-0.3, -0.25) is 4.79 Å². The maximum Gasteiger partial charge on any atom is 0.256 e. The molecule has 21 heavy (non-hydrogen) atoms. The maximum atomic E-state index is 13.8. The smallest absolute Gasteiger partial charge is 0.256 e. The number of rotatable bonds is 9. The molecule has 1 aromatic rings. The van der Waals surface area contributed by atoms with Crippen molar-refractivity contribution < 1.29 is 18.7 Å². The van der Waals surface area contributed by atoms with E-state index < -0.39 is 5.82 Å². The number of nitrogens with zero attached hydrogens (tertiary/aromatic N) is 1. The van der Waals surface area contributed by atoms with E-state index in [1.807, 2.05) is 20.8 Å². The number of hydrogen-bond donors (Lipinski definition) is 0. The first kappa shape index (κ1) is 17.6. The van der Waals surface area contributed by atoms with E-state index in [9.17, 15) is 9.18 Å². The highest BCUT2D eigenvalue weighted by Crippen LogP contribution is 2.13. The summed E-state index contributed by atoms with van der Waals surface area (Å²) in [6, 6.07) is 4.55. The lowest BCUT2D eigenvalue weighted by atomic mass is 10.1. The van der Waals surface area contributed by atoms with E-state index >= 15 is 0 Å². The molecule has 0 radical (unpaired) electrons. The van der Waals surface area contributed by atoms with Crippen molar-refractivity contribution in [2.24, 2.45) is 0 Å². The first-order valence-electron chi connectivity index (χ1n) is 7.31. The van der Waals surface area contributed by atoms with Gasteiger partial charge >= 0.3 is 0 Å². The van der Waals surface area contributed by atoms with Crippen LogP contribution in [0.15, 0.2) is 18.2 Å². The number of halogens is 1. The second kappa shape index (κ2) is 9.47. The van der Waals surface area contributed by atoms with Crippen molar-refractivity contribution >= 4 is 5.91 Å². The van der Waals surface area contributed by atoms with Gasteiger partial charge in [0.05, 0.1) is 18.8 Å². The fourth-order valence-corrected chi connectivity index (χ4v) is 1.93. The van der Waals surface area contributed by atoms with E-state index in [1.165, 1.54) is 6.07 Å². The predicted molar refractivity (Wildman–Crippen MR) is 80.0 cm³/mol. The van der Waals surface area contributed by atoms with Crippen molar-refractivity contribution in [3.63, 3.8) is 0 Å². The van der Waals surface area contributed by atoms with Crippen molar-refractivity contribution in [2.75, 3.05) is 39.5 Å². The van der Waals surface area contributed by atoms with Crippen LogP contribution in [0, 0.1) is 12.7 Å². The van der Waals surface area contributed by atoms with Crippen molar-refractivity contribution in [3.8, 4) is 0 Å². The Balaban J connectivity index is 2.79. The minimum absolute atomic E-state index is 0.1000. The lowest BCUT2D eigenvalue weighted by Crippen LogP contribution is -2.37. The molecule has 1 aromatic carbocycles. The number of hydrogen-bond acceptors (Lipinski definition) is 3. The standard InChI is InChI=1S/C16H24FNO3/c1-4-20-10-8-18(9-11-21-5-2)16(19)14-12-13(3)6-7-15(14)17/h6-7,12H,4-5,8-11H2,1-3H3. The summed E-state index contributed by atoms with van der Waals surface area (Å²) in [7, 11) is 0. The Hall–Kier alpha value is -1.46. The fraction of sp³-hybridized carbons (Fsp3) is 0.562. The van der Waals surface area contributed by atoms with E-state index in [1.54, 1.807) is 17.0 Å². The van der Waals surface area contributed by atoms with Crippen LogP contribution in [0.25, 0.3) is 0 Å². The predicted octanol–water partition coefficient (Wildman–Crippen LogP) is 2.65. The largest absolute Gasteiger partial charge is 0.380 e. The van der Waals surface area contributed by atoms with Crippen LogP contribution >= 0.6 is 0 Å². The van der Waals surface area contributed by atoms with Crippen LogP contribution in [0.1, 0.15) is 29.8 Å². The van der Waals surface area contributed by atoms with Crippen LogP contribution in [0.3, 0.4) is 0 Å². The summed E-state index contributed by atoms with van der Waals surface area (Å²) in [5.41, 5.74) is 0.956. The molecule has 0 aliphatic carbocycles. The normalized spacial score (nSPS) is 10.7. The maximum absolute atomic E-state index is 13.8. The van der Waals surface area contributed by atoms with Gasteiger partial charge in [-0.1, -0.05) is 11.6 Å². The van der Waals surface area contributed by atoms with Crippen molar-refractivity contribution in [1.29, 1.82) is 0 Å². The molecule has 0 bridgehead atoms. The molecule has 0 saturated heterocycles. The van der Waals surface area contributed by atoms with Gasteiger partial charge < -0.3 is 14.4 Å². The van der Waals surface area contributed by atoms with E-state index in [0.29, 0.717) is 39.5 Å². The van der Waals surface area contributed by atoms with Gasteiger partial charge in [-0.25, -0.2) is 4.39 Å². The Morgan fingerprint density at radius 3 is 2.24 bits per heavy atom. The van der Waals surface area contributed by atoms with Gasteiger partial charge in [0.1, 0.15) is 5.82 Å². The summed E-state index contributed by atoms with van der Waals surface area (Å²) in [6.45, 7) is 8.52. The van der Waals surface area contributed by atoms with Crippen molar-refractivity contribution in [2.45, 2.75) is 20.8 Å². The number of carbonyl (C=O) groups is 1. The Labute approximate surface area is 125 Å². The third-order valence-corrected chi connectivity index (χ3v) is 3.06. The molecule has 0 N–H and O–H groups in total. The molecule has 0 atom stereocenters. The second-order valence-corrected chi connectivity index (χ2v) is 4.67. The SMILES string of the molecule is CCOCCN(CCOCC)C(=O)c1cc(C)ccc1F. The molecule has 5 heteroatoms. The molecule has 0 aliphatic rings. The van der Waals surface area contributed by atoms with Gasteiger partial charge in [-0.2, -0.15) is 0 Å². The van der Waals surface area contributed by atoms with E-state index in [4.69, 9.17) is 9.47 Å². The van der Waals surface area contributed by atoms with Crippen molar-refractivity contribution in [1.82, 2.24) is 4.90 Å². The summed E-state index contributed by atoms with van der Waals surface area (Å²) in [4.78, 5) is 14.1. The van der Waals surface area contributed by atoms with Gasteiger partial charge in [0.25, 0.3) is 5.91 Å². The number of ether oxygens (including phenoxy) is 2. The van der Waals surface area contributed by atoms with Gasteiger partial charge in [0.15, 0.2) is 0 Å². The zero-order valence-electron chi connectivity index (χ0n) is 13.0. The first-order chi connectivity index (χ1) is 10.1. The zero-order valence-corrected chi connectivity index (χ0v) is 13.0. The first-order valence-corrected chi connectivity index (χ1v) is 7.31. The summed E-state index contributed by atoms with van der Waals surface area (Å²) in [5.74, 6) is -0.820. The number of carbonyl (C=O) groups excluding carboxylic acids is 1. The molecule has 4 nitrogen and oxygen atoms in total. The Kier molecular flexibility index (Phi) is 7.93. The molecule has 0 saturated carbocycles. The van der Waals surface area contributed by atoms with E-state index in [-0.39, 0.29) is 11.5 Å². The summed E-state index contributed by atoms with van der Waals surface area (Å²) in [6.07, 6.45) is 0. The van der Waals surface area contributed by atoms with E-state index in [0.717, 1.165) is 5.56 Å². The van der Waals surface area contributed by atoms with Gasteiger partial charge in [-0.15, -0.1) is 0 Å². The topological polar surface area (TPSA) is 38.8 Å². The lowest BCUT2D eigenvalue weighted by molar-refractivity contribution is 0.0546. The molecule has 118 valence electrons. The van der Waals surface area contributed by atoms with Crippen LogP contribution in [0.2, 0.25) is 0 Å². The van der Waals surface area contributed by atoms with Crippen LogP contribution in [-0.2, 0) is 9.47 Å². The zero-order chi connectivity index (χ0) is 15.7. The average molecular weight is 297 g/mol. The highest BCUT2D eigenvalue weighted by Gasteiger charge is 2.19. The molecule has 0 spiro atoms. The number of benzene rings is 1. The Morgan fingerprint density at radius 1 is 1.14 bits per heavy atom. The summed E-state index contributed by atoms with van der Waals surface area (Å²) < 4.78 is 24.4. The van der Waals surface area contributed by atoms with Crippen LogP contribution in [0.4, 0.5) is 4.39 Å². The molecule has 0 fully saturated rings. The van der Waals surface area contributed by atoms with Crippen LogP contribution < -0.4 is 0 Å². The summed E-state index contributed by atoms with van der Waals surface area (Å²) in [5, 5.41) is 0. The van der Waals surface area contributed by atoms with Gasteiger partial charge in [0.2, 0.25) is 0 Å². The highest BCUT2D eigenvalue weighted by molar-refractivity contribution is 5.94. The third-order valence-electron chi connectivity index (χ3n) is 3.06. The molecule has 0 unspecified atom stereocenters. The molecular weight excluding hydrogens is 273 g/mol. The summed E-state index contributed by atoms with van der Waals surface area (Å²) >= 11 is 0. The third kappa shape index (κ3) is 5.81. The molecule has 0 aliphatic heterocycles. The lowest BCUT2D eigenvalue weighted by Gasteiger charge is -2.23. The van der Waals surface area contributed by atoms with E-state index in [2.05, 4.69) is 0 Å². The molecule has 1 rings (SSSR count).